The SMILES string of the molecule is CN=C(NCC1CCN(Cc2cccs2)CC1)N1CCC2(CCC2)C1. The zero-order chi connectivity index (χ0) is 17.1. The number of likely N-dealkylation sites (tertiary alicyclic amines) is 2. The van der Waals surface area contributed by atoms with Crippen molar-refractivity contribution in [1.82, 2.24) is 15.1 Å². The standard InChI is InChI=1S/C20H32N4S/c1-21-19(24-12-9-20(16-24)7-3-8-20)22-14-17-5-10-23(11-6-17)15-18-4-2-13-25-18/h2,4,13,17H,3,5-12,14-16H2,1H3,(H,21,22). The van der Waals surface area contributed by atoms with E-state index >= 15 is 0 Å². The molecule has 0 radical (unpaired) electrons. The van der Waals surface area contributed by atoms with Gasteiger partial charge in [-0.15, -0.1) is 11.3 Å². The third-order valence-electron chi connectivity index (χ3n) is 6.58. The maximum Gasteiger partial charge on any atom is 0.193 e. The number of hydrogen-bond donors (Lipinski definition) is 1. The molecule has 1 aromatic heterocycles. The van der Waals surface area contributed by atoms with Gasteiger partial charge in [-0.25, -0.2) is 0 Å². The molecule has 0 bridgehead atoms. The average Bonchev–Trinajstić information content (AvgIpc) is 3.26. The molecule has 1 saturated carbocycles. The number of aliphatic imine (C=N–C) groups is 1. The van der Waals surface area contributed by atoms with Crippen LogP contribution in [0.4, 0.5) is 0 Å². The molecule has 3 aliphatic rings. The van der Waals surface area contributed by atoms with Crippen molar-refractivity contribution in [2.24, 2.45) is 16.3 Å². The van der Waals surface area contributed by atoms with Crippen LogP contribution in [-0.2, 0) is 6.54 Å². The number of hydrogen-bond acceptors (Lipinski definition) is 3. The highest BCUT2D eigenvalue weighted by Gasteiger charge is 2.43. The molecular formula is C20H32N4S. The number of piperidine rings is 1. The van der Waals surface area contributed by atoms with Gasteiger partial charge in [0, 0.05) is 38.1 Å². The third kappa shape index (κ3) is 4.03. The van der Waals surface area contributed by atoms with Crippen molar-refractivity contribution in [2.45, 2.75) is 45.1 Å². The van der Waals surface area contributed by atoms with Crippen molar-refractivity contribution in [3.05, 3.63) is 22.4 Å². The van der Waals surface area contributed by atoms with E-state index in [-0.39, 0.29) is 0 Å². The lowest BCUT2D eigenvalue weighted by Crippen LogP contribution is -2.45. The van der Waals surface area contributed by atoms with E-state index in [4.69, 9.17) is 0 Å². The largest absolute Gasteiger partial charge is 0.356 e. The van der Waals surface area contributed by atoms with Crippen LogP contribution in [0.1, 0.15) is 43.4 Å². The first-order valence-electron chi connectivity index (χ1n) is 9.97. The van der Waals surface area contributed by atoms with Crippen LogP contribution in [0.5, 0.6) is 0 Å². The molecule has 25 heavy (non-hydrogen) atoms. The van der Waals surface area contributed by atoms with Crippen molar-refractivity contribution in [3.8, 4) is 0 Å². The maximum absolute atomic E-state index is 4.57. The molecule has 2 aliphatic heterocycles. The summed E-state index contributed by atoms with van der Waals surface area (Å²) in [5.74, 6) is 1.93. The van der Waals surface area contributed by atoms with Crippen molar-refractivity contribution < 1.29 is 0 Å². The molecule has 0 aromatic carbocycles. The summed E-state index contributed by atoms with van der Waals surface area (Å²) in [5.41, 5.74) is 0.644. The fourth-order valence-corrected chi connectivity index (χ4v) is 5.49. The van der Waals surface area contributed by atoms with E-state index in [0.717, 1.165) is 25.0 Å². The second kappa shape index (κ2) is 7.67. The molecule has 1 aliphatic carbocycles. The van der Waals surface area contributed by atoms with E-state index in [1.54, 1.807) is 0 Å². The Balaban J connectivity index is 1.19. The fraction of sp³-hybridized carbons (Fsp3) is 0.750. The highest BCUT2D eigenvalue weighted by Crippen LogP contribution is 2.47. The van der Waals surface area contributed by atoms with Crippen molar-refractivity contribution in [2.75, 3.05) is 39.8 Å². The van der Waals surface area contributed by atoms with Gasteiger partial charge in [0.2, 0.25) is 0 Å². The molecule has 1 spiro atoms. The molecule has 0 amide bonds. The first-order valence-corrected chi connectivity index (χ1v) is 10.8. The second-order valence-electron chi connectivity index (χ2n) is 8.25. The van der Waals surface area contributed by atoms with Gasteiger partial charge < -0.3 is 10.2 Å². The summed E-state index contributed by atoms with van der Waals surface area (Å²) >= 11 is 1.88. The van der Waals surface area contributed by atoms with Crippen molar-refractivity contribution >= 4 is 17.3 Å². The van der Waals surface area contributed by atoms with E-state index in [9.17, 15) is 0 Å². The van der Waals surface area contributed by atoms with Crippen LogP contribution in [0.25, 0.3) is 0 Å². The minimum atomic E-state index is 0.644. The molecule has 0 unspecified atom stereocenters. The van der Waals surface area contributed by atoms with Crippen LogP contribution >= 0.6 is 11.3 Å². The van der Waals surface area contributed by atoms with Gasteiger partial charge in [0.1, 0.15) is 0 Å². The van der Waals surface area contributed by atoms with E-state index in [1.807, 2.05) is 18.4 Å². The Kier molecular flexibility index (Phi) is 5.32. The van der Waals surface area contributed by atoms with E-state index in [0.29, 0.717) is 5.41 Å². The van der Waals surface area contributed by atoms with Crippen LogP contribution in [0.15, 0.2) is 22.5 Å². The lowest BCUT2D eigenvalue weighted by molar-refractivity contribution is 0.151. The van der Waals surface area contributed by atoms with Crippen molar-refractivity contribution in [3.63, 3.8) is 0 Å². The molecule has 1 N–H and O–H groups in total. The number of guanidine groups is 1. The number of nitrogens with zero attached hydrogens (tertiary/aromatic N) is 3. The summed E-state index contributed by atoms with van der Waals surface area (Å²) in [6, 6.07) is 4.42. The van der Waals surface area contributed by atoms with Gasteiger partial charge in [0.25, 0.3) is 0 Å². The minimum Gasteiger partial charge on any atom is -0.356 e. The third-order valence-corrected chi connectivity index (χ3v) is 7.44. The topological polar surface area (TPSA) is 30.9 Å². The Labute approximate surface area is 156 Å². The predicted molar refractivity (Wildman–Crippen MR) is 106 cm³/mol. The quantitative estimate of drug-likeness (QED) is 0.659. The van der Waals surface area contributed by atoms with Gasteiger partial charge in [0.15, 0.2) is 5.96 Å². The summed E-state index contributed by atoms with van der Waals surface area (Å²) < 4.78 is 0. The van der Waals surface area contributed by atoms with Gasteiger partial charge in [-0.2, -0.15) is 0 Å². The molecule has 3 heterocycles. The number of nitrogens with one attached hydrogen (secondary N) is 1. The Hall–Kier alpha value is -1.07. The van der Waals surface area contributed by atoms with Gasteiger partial charge in [0.05, 0.1) is 0 Å². The Bertz CT molecular complexity index is 571. The summed E-state index contributed by atoms with van der Waals surface area (Å²) in [6.07, 6.45) is 8.28. The molecule has 0 atom stereocenters. The average molecular weight is 361 g/mol. The number of rotatable bonds is 4. The molecular weight excluding hydrogens is 328 g/mol. The Morgan fingerprint density at radius 2 is 2.12 bits per heavy atom. The maximum atomic E-state index is 4.57. The monoisotopic (exact) mass is 360 g/mol. The highest BCUT2D eigenvalue weighted by molar-refractivity contribution is 7.09. The summed E-state index contributed by atoms with van der Waals surface area (Å²) in [5, 5.41) is 5.87. The first-order chi connectivity index (χ1) is 12.3. The molecule has 3 fully saturated rings. The molecule has 2 saturated heterocycles. The normalized spacial score (nSPS) is 24.7. The van der Waals surface area contributed by atoms with Gasteiger partial charge >= 0.3 is 0 Å². The van der Waals surface area contributed by atoms with Gasteiger partial charge in [-0.05, 0) is 68.0 Å². The van der Waals surface area contributed by atoms with Crippen molar-refractivity contribution in [1.29, 1.82) is 0 Å². The second-order valence-corrected chi connectivity index (χ2v) is 9.28. The summed E-state index contributed by atoms with van der Waals surface area (Å²) in [7, 11) is 1.94. The molecule has 138 valence electrons. The van der Waals surface area contributed by atoms with Gasteiger partial charge in [-0.1, -0.05) is 12.5 Å². The Morgan fingerprint density at radius 3 is 2.72 bits per heavy atom. The molecule has 5 heteroatoms. The zero-order valence-electron chi connectivity index (χ0n) is 15.5. The van der Waals surface area contributed by atoms with Gasteiger partial charge in [-0.3, -0.25) is 9.89 Å². The van der Waals surface area contributed by atoms with E-state index < -0.39 is 0 Å². The van der Waals surface area contributed by atoms with E-state index in [2.05, 4.69) is 37.6 Å². The molecule has 4 rings (SSSR count). The fourth-order valence-electron chi connectivity index (χ4n) is 4.74. The van der Waals surface area contributed by atoms with Crippen LogP contribution in [0.2, 0.25) is 0 Å². The molecule has 1 aromatic rings. The number of thiophene rings is 1. The lowest BCUT2D eigenvalue weighted by atomic mass is 9.68. The van der Waals surface area contributed by atoms with Crippen LogP contribution in [0.3, 0.4) is 0 Å². The summed E-state index contributed by atoms with van der Waals surface area (Å²) in [4.78, 5) is 11.2. The molecule has 4 nitrogen and oxygen atoms in total. The van der Waals surface area contributed by atoms with E-state index in [1.165, 1.54) is 69.6 Å². The van der Waals surface area contributed by atoms with Crippen LogP contribution < -0.4 is 5.32 Å². The van der Waals surface area contributed by atoms with Crippen LogP contribution in [-0.4, -0.2) is 55.5 Å². The highest BCUT2D eigenvalue weighted by atomic mass is 32.1. The lowest BCUT2D eigenvalue weighted by Gasteiger charge is -2.38. The summed E-state index contributed by atoms with van der Waals surface area (Å²) in [6.45, 7) is 7.11. The smallest absolute Gasteiger partial charge is 0.193 e. The first kappa shape index (κ1) is 17.3. The predicted octanol–water partition coefficient (Wildman–Crippen LogP) is 3.41. The van der Waals surface area contributed by atoms with Crippen LogP contribution in [0, 0.1) is 11.3 Å². The zero-order valence-corrected chi connectivity index (χ0v) is 16.4. The Morgan fingerprint density at radius 1 is 1.28 bits per heavy atom. The minimum absolute atomic E-state index is 0.644.